The maximum atomic E-state index is 10.0. The molecule has 0 spiro atoms. The van der Waals surface area contributed by atoms with E-state index in [2.05, 4.69) is 71.3 Å². The molecule has 0 unspecified atom stereocenters. The zero-order valence-electron chi connectivity index (χ0n) is 22.0. The molecule has 7 rings (SSSR count). The number of nitrogens with zero attached hydrogens (tertiary/aromatic N) is 4. The van der Waals surface area contributed by atoms with Gasteiger partial charge in [-0.15, -0.1) is 0 Å². The fraction of sp³-hybridized carbons (Fsp3) is 0. The van der Waals surface area contributed by atoms with E-state index in [1.54, 1.807) is 18.2 Å². The summed E-state index contributed by atoms with van der Waals surface area (Å²) in [6.45, 7) is 0. The van der Waals surface area contributed by atoms with Gasteiger partial charge in [-0.1, -0.05) is 103 Å². The van der Waals surface area contributed by atoms with Crippen molar-refractivity contribution in [1.29, 1.82) is 10.5 Å². The van der Waals surface area contributed by atoms with Gasteiger partial charge >= 0.3 is 0 Å². The fourth-order valence-electron chi connectivity index (χ4n) is 5.68. The van der Waals surface area contributed by atoms with Crippen molar-refractivity contribution >= 4 is 21.8 Å². The molecule has 0 aliphatic rings. The summed E-state index contributed by atoms with van der Waals surface area (Å²) in [5, 5.41) is 22.2. The molecule has 2 aromatic heterocycles. The molecule has 41 heavy (non-hydrogen) atoms. The van der Waals surface area contributed by atoms with Gasteiger partial charge in [-0.25, -0.2) is 4.98 Å². The summed E-state index contributed by atoms with van der Waals surface area (Å²) in [6, 6.07) is 49.0. The van der Waals surface area contributed by atoms with Gasteiger partial charge in [0.25, 0.3) is 0 Å². The summed E-state index contributed by atoms with van der Waals surface area (Å²) in [5.74, 6) is 0. The number of aromatic nitrogens is 2. The van der Waals surface area contributed by atoms with E-state index >= 15 is 0 Å². The molecule has 0 amide bonds. The number of hydrogen-bond acceptors (Lipinski definition) is 3. The summed E-state index contributed by atoms with van der Waals surface area (Å²) < 4.78 is 2.25. The maximum absolute atomic E-state index is 10.0. The Labute approximate surface area is 237 Å². The van der Waals surface area contributed by atoms with Crippen molar-refractivity contribution in [2.75, 3.05) is 0 Å². The van der Waals surface area contributed by atoms with Gasteiger partial charge in [-0.3, -0.25) is 0 Å². The van der Waals surface area contributed by atoms with E-state index in [1.807, 2.05) is 60.7 Å². The second kappa shape index (κ2) is 9.97. The highest BCUT2D eigenvalue weighted by molar-refractivity contribution is 6.14. The van der Waals surface area contributed by atoms with Gasteiger partial charge in [0.05, 0.1) is 51.4 Å². The highest BCUT2D eigenvalue weighted by atomic mass is 15.0. The van der Waals surface area contributed by atoms with Crippen molar-refractivity contribution < 1.29 is 0 Å². The second-order valence-electron chi connectivity index (χ2n) is 9.83. The molecule has 0 aliphatic carbocycles. The zero-order chi connectivity index (χ0) is 27.8. The topological polar surface area (TPSA) is 65.4 Å². The predicted molar refractivity (Wildman–Crippen MR) is 164 cm³/mol. The van der Waals surface area contributed by atoms with E-state index in [0.29, 0.717) is 16.7 Å². The average Bonchev–Trinajstić information content (AvgIpc) is 3.40. The normalized spacial score (nSPS) is 10.9. The van der Waals surface area contributed by atoms with Gasteiger partial charge < -0.3 is 4.57 Å². The van der Waals surface area contributed by atoms with Crippen LogP contribution in [0.4, 0.5) is 0 Å². The molecule has 190 valence electrons. The van der Waals surface area contributed by atoms with Gasteiger partial charge in [-0.2, -0.15) is 10.5 Å². The van der Waals surface area contributed by atoms with E-state index in [9.17, 15) is 10.5 Å². The van der Waals surface area contributed by atoms with E-state index in [1.165, 1.54) is 0 Å². The first kappa shape index (κ1) is 24.1. The molecule has 0 atom stereocenters. The number of nitriles is 2. The number of fused-ring (bicyclic) bond motifs is 3. The lowest BCUT2D eigenvalue weighted by molar-refractivity contribution is 1.16. The molecule has 4 heteroatoms. The third-order valence-corrected chi connectivity index (χ3v) is 7.48. The van der Waals surface area contributed by atoms with E-state index in [4.69, 9.17) is 4.98 Å². The molecular weight excluding hydrogens is 500 g/mol. The predicted octanol–water partition coefficient (Wildman–Crippen LogP) is 8.92. The van der Waals surface area contributed by atoms with Gasteiger partial charge in [0, 0.05) is 33.0 Å². The molecule has 0 bridgehead atoms. The summed E-state index contributed by atoms with van der Waals surface area (Å²) in [6.07, 6.45) is 0. The second-order valence-corrected chi connectivity index (χ2v) is 9.83. The number of hydrogen-bond donors (Lipinski definition) is 0. The van der Waals surface area contributed by atoms with Crippen LogP contribution >= 0.6 is 0 Å². The minimum Gasteiger partial charge on any atom is -0.308 e. The number of pyridine rings is 1. The lowest BCUT2D eigenvalue weighted by Gasteiger charge is -2.16. The lowest BCUT2D eigenvalue weighted by atomic mass is 9.93. The Morgan fingerprint density at radius 2 is 1.07 bits per heavy atom. The van der Waals surface area contributed by atoms with Crippen LogP contribution in [0.25, 0.3) is 61.1 Å². The van der Waals surface area contributed by atoms with Crippen molar-refractivity contribution in [1.82, 2.24) is 9.55 Å². The minimum absolute atomic E-state index is 0.470. The first-order valence-corrected chi connectivity index (χ1v) is 13.4. The minimum atomic E-state index is 0.470. The first-order chi connectivity index (χ1) is 20.3. The van der Waals surface area contributed by atoms with Gasteiger partial charge in [0.2, 0.25) is 0 Å². The van der Waals surface area contributed by atoms with E-state index in [0.717, 1.165) is 55.6 Å². The van der Waals surface area contributed by atoms with Crippen molar-refractivity contribution in [2.45, 2.75) is 0 Å². The highest BCUT2D eigenvalue weighted by Gasteiger charge is 2.21. The monoisotopic (exact) mass is 522 g/mol. The molecular formula is C37H22N4. The van der Waals surface area contributed by atoms with Crippen LogP contribution in [0.2, 0.25) is 0 Å². The molecule has 2 heterocycles. The molecule has 0 saturated carbocycles. The van der Waals surface area contributed by atoms with Crippen LogP contribution in [-0.2, 0) is 0 Å². The average molecular weight is 523 g/mol. The summed E-state index contributed by atoms with van der Waals surface area (Å²) in [7, 11) is 0. The van der Waals surface area contributed by atoms with Gasteiger partial charge in [0.1, 0.15) is 0 Å². The Morgan fingerprint density at radius 3 is 1.68 bits per heavy atom. The van der Waals surface area contributed by atoms with E-state index in [-0.39, 0.29) is 0 Å². The van der Waals surface area contributed by atoms with Gasteiger partial charge in [0.15, 0.2) is 0 Å². The smallest absolute Gasteiger partial charge is 0.0998 e. The van der Waals surface area contributed by atoms with Crippen LogP contribution in [0.1, 0.15) is 11.1 Å². The molecule has 0 N–H and O–H groups in total. The molecule has 0 radical (unpaired) electrons. The molecule has 0 aliphatic heterocycles. The number of benzene rings is 5. The van der Waals surface area contributed by atoms with Crippen LogP contribution in [0.3, 0.4) is 0 Å². The third kappa shape index (κ3) is 4.03. The van der Waals surface area contributed by atoms with Crippen molar-refractivity contribution in [2.24, 2.45) is 0 Å². The van der Waals surface area contributed by atoms with Crippen molar-refractivity contribution in [3.05, 3.63) is 145 Å². The number of rotatable bonds is 4. The Morgan fingerprint density at radius 1 is 0.537 bits per heavy atom. The highest BCUT2D eigenvalue weighted by Crippen LogP contribution is 2.41. The fourth-order valence-corrected chi connectivity index (χ4v) is 5.68. The molecule has 0 saturated heterocycles. The Balaban J connectivity index is 1.63. The van der Waals surface area contributed by atoms with Crippen LogP contribution < -0.4 is 0 Å². The standard InChI is InChI=1S/C37H22N4/c38-23-27-15-9-16-28(24-39)36(27)32-19-10-18-31-30-17-7-8-20-35(30)41(37(31)32)29-21-33(25-11-3-1-4-12-25)40-34(22-29)26-13-5-2-6-14-26/h1-22H. The maximum Gasteiger partial charge on any atom is 0.0998 e. The summed E-state index contributed by atoms with van der Waals surface area (Å²) in [4.78, 5) is 5.08. The first-order valence-electron chi connectivity index (χ1n) is 13.4. The molecule has 0 fully saturated rings. The van der Waals surface area contributed by atoms with Crippen LogP contribution in [0, 0.1) is 22.7 Å². The molecule has 5 aromatic carbocycles. The lowest BCUT2D eigenvalue weighted by Crippen LogP contribution is -2.00. The quantitative estimate of drug-likeness (QED) is 0.232. The van der Waals surface area contributed by atoms with Crippen LogP contribution in [0.15, 0.2) is 133 Å². The third-order valence-electron chi connectivity index (χ3n) is 7.48. The Bertz CT molecular complexity index is 2070. The largest absolute Gasteiger partial charge is 0.308 e. The zero-order valence-corrected chi connectivity index (χ0v) is 22.0. The number of para-hydroxylation sites is 2. The van der Waals surface area contributed by atoms with Gasteiger partial charge in [-0.05, 0) is 30.3 Å². The Hall–Kier alpha value is -5.97. The van der Waals surface area contributed by atoms with Crippen LogP contribution in [-0.4, -0.2) is 9.55 Å². The van der Waals surface area contributed by atoms with Crippen molar-refractivity contribution in [3.8, 4) is 51.5 Å². The SMILES string of the molecule is N#Cc1cccc(C#N)c1-c1cccc2c3ccccc3n(-c3cc(-c4ccccc4)nc(-c4ccccc4)c3)c12. The summed E-state index contributed by atoms with van der Waals surface area (Å²) >= 11 is 0. The van der Waals surface area contributed by atoms with Crippen molar-refractivity contribution in [3.63, 3.8) is 0 Å². The Kier molecular flexibility index (Phi) is 5.86. The van der Waals surface area contributed by atoms with Crippen LogP contribution in [0.5, 0.6) is 0 Å². The molecule has 4 nitrogen and oxygen atoms in total. The molecule has 7 aromatic rings. The summed E-state index contributed by atoms with van der Waals surface area (Å²) in [5.41, 5.74) is 9.12. The van der Waals surface area contributed by atoms with E-state index < -0.39 is 0 Å².